The van der Waals surface area contributed by atoms with Crippen molar-refractivity contribution >= 4 is 5.96 Å². The summed E-state index contributed by atoms with van der Waals surface area (Å²) in [6, 6.07) is 0.326. The van der Waals surface area contributed by atoms with Crippen LogP contribution in [0.1, 0.15) is 46.0 Å². The third-order valence-corrected chi connectivity index (χ3v) is 6.48. The zero-order valence-electron chi connectivity index (χ0n) is 15.3. The maximum absolute atomic E-state index is 12.8. The number of nitrogens with zero attached hydrogens (tertiary/aromatic N) is 1. The van der Waals surface area contributed by atoms with Crippen molar-refractivity contribution in [2.45, 2.75) is 64.3 Å². The SMILES string of the molecule is CN=C(NCC1CCC(C(F)(F)F)CC1)NC1C2CCOC2C1(C)C. The number of hydrogen-bond acceptors (Lipinski definition) is 2. The Labute approximate surface area is 148 Å². The van der Waals surface area contributed by atoms with Crippen LogP contribution >= 0.6 is 0 Å². The number of fused-ring (bicyclic) bond motifs is 1. The van der Waals surface area contributed by atoms with Gasteiger partial charge in [0.2, 0.25) is 0 Å². The molecule has 3 atom stereocenters. The average Bonchev–Trinajstić information content (AvgIpc) is 3.01. The van der Waals surface area contributed by atoms with Crippen molar-refractivity contribution in [3.63, 3.8) is 0 Å². The van der Waals surface area contributed by atoms with E-state index in [2.05, 4.69) is 29.5 Å². The van der Waals surface area contributed by atoms with Gasteiger partial charge in [-0.1, -0.05) is 13.8 Å². The fourth-order valence-corrected chi connectivity index (χ4v) is 4.89. The van der Waals surface area contributed by atoms with Crippen molar-refractivity contribution in [2.75, 3.05) is 20.2 Å². The van der Waals surface area contributed by atoms with Crippen LogP contribution in [0.2, 0.25) is 0 Å². The number of nitrogens with one attached hydrogen (secondary N) is 2. The average molecular weight is 361 g/mol. The smallest absolute Gasteiger partial charge is 0.377 e. The quantitative estimate of drug-likeness (QED) is 0.599. The first-order chi connectivity index (χ1) is 11.7. The van der Waals surface area contributed by atoms with Crippen LogP contribution in [0.5, 0.6) is 0 Å². The van der Waals surface area contributed by atoms with Gasteiger partial charge in [-0.05, 0) is 38.0 Å². The summed E-state index contributed by atoms with van der Waals surface area (Å²) in [5, 5.41) is 6.84. The number of aliphatic imine (C=N–C) groups is 1. The third kappa shape index (κ3) is 3.76. The molecule has 0 aromatic rings. The van der Waals surface area contributed by atoms with Gasteiger partial charge in [-0.3, -0.25) is 4.99 Å². The Morgan fingerprint density at radius 1 is 1.16 bits per heavy atom. The summed E-state index contributed by atoms with van der Waals surface area (Å²) in [5.74, 6) is 0.447. The highest BCUT2D eigenvalue weighted by atomic mass is 19.4. The van der Waals surface area contributed by atoms with Crippen LogP contribution in [0.4, 0.5) is 13.2 Å². The maximum atomic E-state index is 12.8. The number of ether oxygens (including phenoxy) is 1. The summed E-state index contributed by atoms with van der Waals surface area (Å²) in [4.78, 5) is 4.30. The van der Waals surface area contributed by atoms with Gasteiger partial charge in [0.05, 0.1) is 12.0 Å². The van der Waals surface area contributed by atoms with Gasteiger partial charge in [0.25, 0.3) is 0 Å². The zero-order chi connectivity index (χ0) is 18.2. The molecule has 144 valence electrons. The first kappa shape index (κ1) is 18.8. The van der Waals surface area contributed by atoms with Gasteiger partial charge in [-0.2, -0.15) is 13.2 Å². The number of alkyl halides is 3. The molecule has 0 bridgehead atoms. The summed E-state index contributed by atoms with van der Waals surface area (Å²) in [6.45, 7) is 5.93. The first-order valence-electron chi connectivity index (χ1n) is 9.39. The Hall–Kier alpha value is -0.980. The van der Waals surface area contributed by atoms with E-state index in [4.69, 9.17) is 4.74 Å². The molecule has 3 unspecified atom stereocenters. The van der Waals surface area contributed by atoms with Crippen molar-refractivity contribution < 1.29 is 17.9 Å². The predicted octanol–water partition coefficient (Wildman–Crippen LogP) is 3.33. The highest BCUT2D eigenvalue weighted by Gasteiger charge is 2.59. The Balaban J connectivity index is 1.45. The topological polar surface area (TPSA) is 45.7 Å². The van der Waals surface area contributed by atoms with Gasteiger partial charge >= 0.3 is 6.18 Å². The molecule has 0 spiro atoms. The van der Waals surface area contributed by atoms with E-state index in [1.807, 2.05) is 0 Å². The number of hydrogen-bond donors (Lipinski definition) is 2. The Morgan fingerprint density at radius 2 is 1.84 bits per heavy atom. The van der Waals surface area contributed by atoms with Crippen molar-refractivity contribution in [2.24, 2.45) is 28.2 Å². The normalized spacial score (nSPS) is 38.0. The van der Waals surface area contributed by atoms with E-state index in [1.165, 1.54) is 0 Å². The minimum absolute atomic E-state index is 0.0730. The minimum Gasteiger partial charge on any atom is -0.377 e. The first-order valence-corrected chi connectivity index (χ1v) is 9.39. The summed E-state index contributed by atoms with van der Waals surface area (Å²) in [7, 11) is 1.74. The molecular weight excluding hydrogens is 331 g/mol. The molecule has 1 aliphatic heterocycles. The molecular formula is C18H30F3N3O. The summed E-state index contributed by atoms with van der Waals surface area (Å²) >= 11 is 0. The molecule has 3 aliphatic rings. The molecule has 2 aliphatic carbocycles. The molecule has 3 rings (SSSR count). The molecule has 0 radical (unpaired) electrons. The number of halogens is 3. The fraction of sp³-hybridized carbons (Fsp3) is 0.944. The molecule has 1 heterocycles. The lowest BCUT2D eigenvalue weighted by Gasteiger charge is -2.55. The van der Waals surface area contributed by atoms with Gasteiger partial charge in [0.1, 0.15) is 0 Å². The van der Waals surface area contributed by atoms with E-state index in [0.29, 0.717) is 37.5 Å². The van der Waals surface area contributed by atoms with Crippen LogP contribution in [0.3, 0.4) is 0 Å². The minimum atomic E-state index is -4.04. The monoisotopic (exact) mass is 361 g/mol. The molecule has 7 heteroatoms. The van der Waals surface area contributed by atoms with Gasteiger partial charge in [-0.15, -0.1) is 0 Å². The van der Waals surface area contributed by atoms with Crippen molar-refractivity contribution in [3.05, 3.63) is 0 Å². The second-order valence-electron chi connectivity index (χ2n) is 8.40. The van der Waals surface area contributed by atoms with E-state index in [0.717, 1.165) is 19.0 Å². The number of rotatable bonds is 3. The van der Waals surface area contributed by atoms with Gasteiger partial charge in [0.15, 0.2) is 5.96 Å². The largest absolute Gasteiger partial charge is 0.391 e. The molecule has 2 N–H and O–H groups in total. The second kappa shape index (κ2) is 6.97. The summed E-state index contributed by atoms with van der Waals surface area (Å²) < 4.78 is 44.1. The molecule has 4 nitrogen and oxygen atoms in total. The zero-order valence-corrected chi connectivity index (χ0v) is 15.3. The van der Waals surface area contributed by atoms with Gasteiger partial charge in [-0.25, -0.2) is 0 Å². The standard InChI is InChI=1S/C18H30F3N3O/c1-17(2)14(13-8-9-25-15(13)17)24-16(22-3)23-10-11-4-6-12(7-5-11)18(19,20)21/h11-15H,4-10H2,1-3H3,(H2,22,23,24). The van der Waals surface area contributed by atoms with Crippen LogP contribution < -0.4 is 10.6 Å². The van der Waals surface area contributed by atoms with Crippen molar-refractivity contribution in [1.29, 1.82) is 0 Å². The number of guanidine groups is 1. The van der Waals surface area contributed by atoms with Gasteiger partial charge < -0.3 is 15.4 Å². The molecule has 2 saturated carbocycles. The van der Waals surface area contributed by atoms with Crippen molar-refractivity contribution in [1.82, 2.24) is 10.6 Å². The molecule has 0 amide bonds. The van der Waals surface area contributed by atoms with Crippen LogP contribution in [-0.4, -0.2) is 44.5 Å². The molecule has 1 saturated heterocycles. The third-order valence-electron chi connectivity index (χ3n) is 6.48. The van der Waals surface area contributed by atoms with E-state index >= 15 is 0 Å². The predicted molar refractivity (Wildman–Crippen MR) is 91.4 cm³/mol. The maximum Gasteiger partial charge on any atom is 0.391 e. The van der Waals surface area contributed by atoms with E-state index in [-0.39, 0.29) is 24.2 Å². The molecule has 0 aromatic heterocycles. The lowest BCUT2D eigenvalue weighted by atomic mass is 9.57. The Kier molecular flexibility index (Phi) is 5.24. The second-order valence-corrected chi connectivity index (χ2v) is 8.40. The Morgan fingerprint density at radius 3 is 2.44 bits per heavy atom. The summed E-state index contributed by atoms with van der Waals surface area (Å²) in [6.07, 6.45) is -0.892. The molecule has 3 fully saturated rings. The Bertz CT molecular complexity index is 498. The van der Waals surface area contributed by atoms with Crippen molar-refractivity contribution in [3.8, 4) is 0 Å². The highest BCUT2D eigenvalue weighted by molar-refractivity contribution is 5.80. The van der Waals surface area contributed by atoms with Crippen LogP contribution in [-0.2, 0) is 4.74 Å². The van der Waals surface area contributed by atoms with Crippen LogP contribution in [0, 0.1) is 23.2 Å². The fourth-order valence-electron chi connectivity index (χ4n) is 4.89. The lowest BCUT2D eigenvalue weighted by molar-refractivity contribution is -0.183. The van der Waals surface area contributed by atoms with E-state index in [9.17, 15) is 13.2 Å². The molecule has 25 heavy (non-hydrogen) atoms. The highest BCUT2D eigenvalue weighted by Crippen LogP contribution is 2.52. The van der Waals surface area contributed by atoms with Crippen LogP contribution in [0.25, 0.3) is 0 Å². The van der Waals surface area contributed by atoms with E-state index in [1.54, 1.807) is 7.05 Å². The lowest BCUT2D eigenvalue weighted by Crippen LogP contribution is -2.68. The van der Waals surface area contributed by atoms with E-state index < -0.39 is 12.1 Å². The van der Waals surface area contributed by atoms with Crippen LogP contribution in [0.15, 0.2) is 4.99 Å². The summed E-state index contributed by atoms with van der Waals surface area (Å²) in [5.41, 5.74) is 0.0730. The molecule has 0 aromatic carbocycles. The van der Waals surface area contributed by atoms with Gasteiger partial charge in [0, 0.05) is 37.6 Å².